The lowest BCUT2D eigenvalue weighted by Gasteiger charge is -2.04. The third-order valence-corrected chi connectivity index (χ3v) is 3.14. The normalized spacial score (nSPS) is 10.3. The zero-order chi connectivity index (χ0) is 13.1. The first-order valence-electron chi connectivity index (χ1n) is 5.23. The van der Waals surface area contributed by atoms with Crippen LogP contribution >= 0.6 is 23.2 Å². The maximum atomic E-state index is 10.5. The van der Waals surface area contributed by atoms with Crippen LogP contribution in [0.15, 0.2) is 42.5 Å². The Morgan fingerprint density at radius 3 is 2.28 bits per heavy atom. The van der Waals surface area contributed by atoms with Crippen molar-refractivity contribution < 1.29 is 4.92 Å². The summed E-state index contributed by atoms with van der Waals surface area (Å²) in [7, 11) is 0. The van der Waals surface area contributed by atoms with E-state index in [1.54, 1.807) is 24.3 Å². The van der Waals surface area contributed by atoms with E-state index in [-0.39, 0.29) is 5.69 Å². The van der Waals surface area contributed by atoms with Crippen LogP contribution in [0.1, 0.15) is 11.1 Å². The predicted molar refractivity (Wildman–Crippen MR) is 72.4 cm³/mol. The highest BCUT2D eigenvalue weighted by atomic mass is 35.5. The van der Waals surface area contributed by atoms with Crippen LogP contribution in [0.4, 0.5) is 5.69 Å². The van der Waals surface area contributed by atoms with Crippen LogP contribution in [-0.4, -0.2) is 4.92 Å². The molecule has 0 heterocycles. The van der Waals surface area contributed by atoms with Crippen LogP contribution < -0.4 is 0 Å². The van der Waals surface area contributed by atoms with Gasteiger partial charge in [-0.15, -0.1) is 0 Å². The number of hydrogen-bond acceptors (Lipinski definition) is 2. The molecule has 3 nitrogen and oxygen atoms in total. The lowest BCUT2D eigenvalue weighted by atomic mass is 10.0. The molecule has 5 heteroatoms. The van der Waals surface area contributed by atoms with Crippen molar-refractivity contribution in [1.82, 2.24) is 0 Å². The molecule has 0 aliphatic heterocycles. The molecule has 0 radical (unpaired) electrons. The van der Waals surface area contributed by atoms with E-state index in [1.165, 1.54) is 12.1 Å². The van der Waals surface area contributed by atoms with E-state index in [0.29, 0.717) is 16.5 Å². The second kappa shape index (κ2) is 5.38. The Labute approximate surface area is 114 Å². The standard InChI is InChI=1S/C13H9Cl2NO2/c14-11-4-3-10(13(15)8-11)7-9-1-5-12(6-2-9)16(17)18/h1-6,8H,7H2. The van der Waals surface area contributed by atoms with Gasteiger partial charge in [0.1, 0.15) is 0 Å². The second-order valence-electron chi connectivity index (χ2n) is 3.84. The van der Waals surface area contributed by atoms with Crippen LogP contribution in [0.5, 0.6) is 0 Å². The quantitative estimate of drug-likeness (QED) is 0.614. The number of nitro benzene ring substituents is 1. The Hall–Kier alpha value is -1.58. The third kappa shape index (κ3) is 3.00. The van der Waals surface area contributed by atoms with Gasteiger partial charge in [-0.1, -0.05) is 41.4 Å². The summed E-state index contributed by atoms with van der Waals surface area (Å²) in [6, 6.07) is 11.7. The first kappa shape index (κ1) is 12.9. The van der Waals surface area contributed by atoms with Crippen molar-refractivity contribution in [2.75, 3.05) is 0 Å². The monoisotopic (exact) mass is 281 g/mol. The SMILES string of the molecule is O=[N+]([O-])c1ccc(Cc2ccc(Cl)cc2Cl)cc1. The van der Waals surface area contributed by atoms with E-state index in [0.717, 1.165) is 11.1 Å². The number of hydrogen-bond donors (Lipinski definition) is 0. The highest BCUT2D eigenvalue weighted by Crippen LogP contribution is 2.24. The molecule has 0 unspecified atom stereocenters. The van der Waals surface area contributed by atoms with Gasteiger partial charge in [-0.25, -0.2) is 0 Å². The Balaban J connectivity index is 2.21. The van der Waals surface area contributed by atoms with Crippen molar-refractivity contribution in [3.63, 3.8) is 0 Å². The molecular weight excluding hydrogens is 273 g/mol. The van der Waals surface area contributed by atoms with Gasteiger partial charge in [0.05, 0.1) is 4.92 Å². The Morgan fingerprint density at radius 1 is 1.06 bits per heavy atom. The summed E-state index contributed by atoms with van der Waals surface area (Å²) in [5.41, 5.74) is 1.99. The van der Waals surface area contributed by atoms with E-state index >= 15 is 0 Å². The molecule has 0 aliphatic carbocycles. The molecule has 0 aromatic heterocycles. The topological polar surface area (TPSA) is 43.1 Å². The van der Waals surface area contributed by atoms with E-state index < -0.39 is 4.92 Å². The third-order valence-electron chi connectivity index (χ3n) is 2.56. The smallest absolute Gasteiger partial charge is 0.258 e. The predicted octanol–water partition coefficient (Wildman–Crippen LogP) is 4.49. The zero-order valence-electron chi connectivity index (χ0n) is 9.27. The maximum Gasteiger partial charge on any atom is 0.269 e. The lowest BCUT2D eigenvalue weighted by molar-refractivity contribution is -0.384. The average molecular weight is 282 g/mol. The number of halogens is 2. The molecule has 2 aromatic rings. The Morgan fingerprint density at radius 2 is 1.72 bits per heavy atom. The van der Waals surface area contributed by atoms with E-state index in [4.69, 9.17) is 23.2 Å². The minimum Gasteiger partial charge on any atom is -0.258 e. The summed E-state index contributed by atoms with van der Waals surface area (Å²) in [6.45, 7) is 0. The van der Waals surface area contributed by atoms with Crippen LogP contribution in [0.25, 0.3) is 0 Å². The summed E-state index contributed by atoms with van der Waals surface area (Å²) in [5, 5.41) is 11.7. The summed E-state index contributed by atoms with van der Waals surface area (Å²) in [5.74, 6) is 0. The largest absolute Gasteiger partial charge is 0.269 e. The van der Waals surface area contributed by atoms with Gasteiger partial charge in [0.15, 0.2) is 0 Å². The highest BCUT2D eigenvalue weighted by molar-refractivity contribution is 6.35. The second-order valence-corrected chi connectivity index (χ2v) is 4.68. The Kier molecular flexibility index (Phi) is 3.84. The van der Waals surface area contributed by atoms with Crippen LogP contribution in [-0.2, 0) is 6.42 Å². The molecule has 92 valence electrons. The summed E-state index contributed by atoms with van der Waals surface area (Å²) >= 11 is 11.9. The van der Waals surface area contributed by atoms with Gasteiger partial charge in [0.2, 0.25) is 0 Å². The van der Waals surface area contributed by atoms with E-state index in [9.17, 15) is 10.1 Å². The summed E-state index contributed by atoms with van der Waals surface area (Å²) in [4.78, 5) is 10.1. The van der Waals surface area contributed by atoms with Crippen molar-refractivity contribution in [2.24, 2.45) is 0 Å². The molecular formula is C13H9Cl2NO2. The van der Waals surface area contributed by atoms with Crippen molar-refractivity contribution in [1.29, 1.82) is 0 Å². The Bertz CT molecular complexity index is 582. The summed E-state index contributed by atoms with van der Waals surface area (Å²) < 4.78 is 0. The van der Waals surface area contributed by atoms with E-state index in [1.807, 2.05) is 6.07 Å². The molecule has 0 saturated heterocycles. The number of benzene rings is 2. The van der Waals surface area contributed by atoms with Gasteiger partial charge < -0.3 is 0 Å². The fourth-order valence-electron chi connectivity index (χ4n) is 1.62. The van der Waals surface area contributed by atoms with Crippen LogP contribution in [0.3, 0.4) is 0 Å². The number of nitrogens with zero attached hydrogens (tertiary/aromatic N) is 1. The molecule has 18 heavy (non-hydrogen) atoms. The van der Waals surface area contributed by atoms with Crippen molar-refractivity contribution in [2.45, 2.75) is 6.42 Å². The lowest BCUT2D eigenvalue weighted by Crippen LogP contribution is -1.91. The van der Waals surface area contributed by atoms with Crippen LogP contribution in [0, 0.1) is 10.1 Å². The van der Waals surface area contributed by atoms with Crippen molar-refractivity contribution in [3.8, 4) is 0 Å². The molecule has 0 atom stereocenters. The van der Waals surface area contributed by atoms with Gasteiger partial charge in [-0.05, 0) is 29.7 Å². The minimum atomic E-state index is -0.418. The first-order valence-corrected chi connectivity index (χ1v) is 5.99. The molecule has 0 spiro atoms. The van der Waals surface area contributed by atoms with Gasteiger partial charge in [0, 0.05) is 22.2 Å². The molecule has 2 rings (SSSR count). The highest BCUT2D eigenvalue weighted by Gasteiger charge is 2.06. The van der Waals surface area contributed by atoms with Crippen molar-refractivity contribution in [3.05, 3.63) is 73.8 Å². The first-order chi connectivity index (χ1) is 8.56. The molecule has 0 bridgehead atoms. The van der Waals surface area contributed by atoms with Gasteiger partial charge in [-0.2, -0.15) is 0 Å². The molecule has 0 N–H and O–H groups in total. The van der Waals surface area contributed by atoms with Gasteiger partial charge in [0.25, 0.3) is 5.69 Å². The fraction of sp³-hybridized carbons (Fsp3) is 0.0769. The zero-order valence-corrected chi connectivity index (χ0v) is 10.8. The fourth-order valence-corrected chi connectivity index (χ4v) is 2.10. The molecule has 0 saturated carbocycles. The minimum absolute atomic E-state index is 0.0842. The number of nitro groups is 1. The number of rotatable bonds is 3. The molecule has 0 amide bonds. The molecule has 2 aromatic carbocycles. The van der Waals surface area contributed by atoms with E-state index in [2.05, 4.69) is 0 Å². The number of non-ortho nitro benzene ring substituents is 1. The molecule has 0 fully saturated rings. The van der Waals surface area contributed by atoms with Gasteiger partial charge >= 0.3 is 0 Å². The molecule has 0 aliphatic rings. The average Bonchev–Trinajstić information content (AvgIpc) is 2.33. The van der Waals surface area contributed by atoms with Crippen LogP contribution in [0.2, 0.25) is 10.0 Å². The van der Waals surface area contributed by atoms with Crippen molar-refractivity contribution >= 4 is 28.9 Å². The van der Waals surface area contributed by atoms with Gasteiger partial charge in [-0.3, -0.25) is 10.1 Å². The summed E-state index contributed by atoms with van der Waals surface area (Å²) in [6.07, 6.45) is 0.619. The maximum absolute atomic E-state index is 10.5.